The Balaban J connectivity index is 0.000000223. The Kier molecular flexibility index (Phi) is 9.54. The van der Waals surface area contributed by atoms with Gasteiger partial charge in [0.15, 0.2) is 6.19 Å². The van der Waals surface area contributed by atoms with Crippen molar-refractivity contribution in [3.05, 3.63) is 103 Å². The van der Waals surface area contributed by atoms with E-state index >= 15 is 0 Å². The second-order valence-corrected chi connectivity index (χ2v) is 7.72. The van der Waals surface area contributed by atoms with Gasteiger partial charge in [0, 0.05) is 28.5 Å². The van der Waals surface area contributed by atoms with E-state index in [9.17, 15) is 0 Å². The lowest BCUT2D eigenvalue weighted by Gasteiger charge is -2.09. The quantitative estimate of drug-likeness (QED) is 0.0762. The maximum Gasteiger partial charge on any atom is 0.214 e. The van der Waals surface area contributed by atoms with Gasteiger partial charge >= 0.3 is 0 Å². The number of nitrogens with two attached hydrogens (primary N) is 1. The molecule has 4 rings (SSSR count). The lowest BCUT2D eigenvalue weighted by Crippen LogP contribution is -2.26. The van der Waals surface area contributed by atoms with Crippen LogP contribution in [0.3, 0.4) is 0 Å². The molecule has 4 aromatic rings. The number of nitrogens with zero attached hydrogens (tertiary/aromatic N) is 3. The van der Waals surface area contributed by atoms with Gasteiger partial charge in [-0.1, -0.05) is 60.7 Å². The van der Waals surface area contributed by atoms with Crippen molar-refractivity contribution in [2.45, 2.75) is 11.4 Å². The number of nitrogen functional groups attached to an aromatic ring is 1. The Hall–Kier alpha value is -4.48. The third-order valence-corrected chi connectivity index (χ3v) is 5.16. The maximum absolute atomic E-state index is 8.81. The molecule has 0 fully saturated rings. The van der Waals surface area contributed by atoms with Crippen LogP contribution in [0.15, 0.2) is 107 Å². The van der Waals surface area contributed by atoms with E-state index in [0.29, 0.717) is 29.8 Å². The molecule has 0 aliphatic carbocycles. The Morgan fingerprint density at radius 1 is 1.03 bits per heavy atom. The van der Waals surface area contributed by atoms with E-state index in [1.807, 2.05) is 66.9 Å². The number of aromatic nitrogens is 1. The minimum Gasteiger partial charge on any atom is -0.481 e. The Morgan fingerprint density at radius 3 is 2.43 bits per heavy atom. The Bertz CT molecular complexity index is 1290. The van der Waals surface area contributed by atoms with Gasteiger partial charge in [0.05, 0.1) is 13.7 Å². The number of hydrogen-bond acceptors (Lipinski definition) is 6. The highest BCUT2D eigenvalue weighted by atomic mass is 32.1. The summed E-state index contributed by atoms with van der Waals surface area (Å²) in [5.74, 6) is 0.812. The van der Waals surface area contributed by atoms with Crippen molar-refractivity contribution in [1.82, 2.24) is 10.3 Å². The van der Waals surface area contributed by atoms with Crippen LogP contribution in [-0.4, -0.2) is 18.1 Å². The number of ether oxygens (including phenoxy) is 1. The van der Waals surface area contributed by atoms with Gasteiger partial charge in [-0.2, -0.15) is 5.26 Å². The lowest BCUT2D eigenvalue weighted by atomic mass is 10.1. The van der Waals surface area contributed by atoms with Crippen molar-refractivity contribution in [2.75, 3.05) is 18.2 Å². The molecule has 0 spiro atoms. The van der Waals surface area contributed by atoms with Crippen LogP contribution in [0.1, 0.15) is 5.56 Å². The van der Waals surface area contributed by atoms with E-state index < -0.39 is 0 Å². The molecule has 0 radical (unpaired) electrons. The predicted molar refractivity (Wildman–Crippen MR) is 144 cm³/mol. The van der Waals surface area contributed by atoms with E-state index in [0.717, 1.165) is 10.5 Å². The van der Waals surface area contributed by atoms with Gasteiger partial charge in [-0.05, 0) is 41.0 Å². The molecule has 35 heavy (non-hydrogen) atoms. The summed E-state index contributed by atoms with van der Waals surface area (Å²) >= 11 is 4.41. The average Bonchev–Trinajstić information content (AvgIpc) is 2.90. The lowest BCUT2D eigenvalue weighted by molar-refractivity contribution is 0.398. The van der Waals surface area contributed by atoms with Crippen LogP contribution in [0.5, 0.6) is 5.88 Å². The van der Waals surface area contributed by atoms with E-state index in [1.54, 1.807) is 18.3 Å². The van der Waals surface area contributed by atoms with Crippen molar-refractivity contribution in [2.24, 2.45) is 4.99 Å². The largest absolute Gasteiger partial charge is 0.481 e. The van der Waals surface area contributed by atoms with Gasteiger partial charge in [-0.25, -0.2) is 9.98 Å². The summed E-state index contributed by atoms with van der Waals surface area (Å²) in [5, 5.41) is 14.3. The average molecular weight is 483 g/mol. The fourth-order valence-electron chi connectivity index (χ4n) is 3.03. The number of methoxy groups -OCH3 is 1. The highest BCUT2D eigenvalue weighted by molar-refractivity contribution is 7.80. The summed E-state index contributed by atoms with van der Waals surface area (Å²) in [6.07, 6.45) is 3.45. The number of hydrogen-bond donors (Lipinski definition) is 4. The molecule has 4 N–H and O–H groups in total. The zero-order chi connectivity index (χ0) is 24.9. The van der Waals surface area contributed by atoms with Gasteiger partial charge in [0.1, 0.15) is 0 Å². The topological polar surface area (TPSA) is 108 Å². The summed E-state index contributed by atoms with van der Waals surface area (Å²) in [6.45, 7) is 0.416. The van der Waals surface area contributed by atoms with Crippen LogP contribution < -0.4 is 21.1 Å². The normalized spacial score (nSPS) is 10.4. The van der Waals surface area contributed by atoms with Crippen molar-refractivity contribution in [3.8, 4) is 23.2 Å². The van der Waals surface area contributed by atoms with Crippen molar-refractivity contribution in [1.29, 1.82) is 5.26 Å². The van der Waals surface area contributed by atoms with E-state index in [-0.39, 0.29) is 0 Å². The molecule has 3 aromatic carbocycles. The minimum absolute atomic E-state index is 0.340. The fourth-order valence-corrected chi connectivity index (χ4v) is 3.32. The molecule has 0 bridgehead atoms. The number of aliphatic imine (C=N–C) groups is 1. The van der Waals surface area contributed by atoms with Gasteiger partial charge < -0.3 is 15.8 Å². The van der Waals surface area contributed by atoms with Gasteiger partial charge in [0.2, 0.25) is 11.8 Å². The number of guanidine groups is 1. The van der Waals surface area contributed by atoms with Crippen LogP contribution in [-0.2, 0) is 6.54 Å². The molecule has 0 aliphatic heterocycles. The smallest absolute Gasteiger partial charge is 0.214 e. The highest BCUT2D eigenvalue weighted by Crippen LogP contribution is 2.25. The van der Waals surface area contributed by atoms with Crippen LogP contribution in [0.2, 0.25) is 0 Å². The molecule has 1 heterocycles. The molecule has 176 valence electrons. The standard InChI is InChI=1S/C15H16N6O.C12H10S/c1-22-14-8-13(6-7-18-14)21-15(20-10-16)19-9-11-2-4-12(17)5-3-11;13-12-9-5-4-8-11(12)10-6-2-1-3-7-10/h2-8H,9,17H2,1H3,(H2,18,19,20,21);1-9,13H. The first-order valence-electron chi connectivity index (χ1n) is 10.7. The number of anilines is 2. The summed E-state index contributed by atoms with van der Waals surface area (Å²) in [7, 11) is 1.54. The van der Waals surface area contributed by atoms with Crippen LogP contribution in [0.25, 0.3) is 11.1 Å². The zero-order valence-electron chi connectivity index (χ0n) is 19.2. The third-order valence-electron chi connectivity index (χ3n) is 4.77. The molecule has 0 unspecified atom stereocenters. The van der Waals surface area contributed by atoms with Gasteiger partial charge in [0.25, 0.3) is 0 Å². The summed E-state index contributed by atoms with van der Waals surface area (Å²) in [4.78, 5) is 9.37. The predicted octanol–water partition coefficient (Wildman–Crippen LogP) is 5.35. The first-order chi connectivity index (χ1) is 17.1. The fraction of sp³-hybridized carbons (Fsp3) is 0.0741. The summed E-state index contributed by atoms with van der Waals surface area (Å²) in [6, 6.07) is 29.2. The highest BCUT2D eigenvalue weighted by Gasteiger charge is 2.02. The molecule has 8 heteroatoms. The molecule has 0 atom stereocenters. The number of thiol groups is 1. The summed E-state index contributed by atoms with van der Waals surface area (Å²) in [5.41, 5.74) is 10.4. The van der Waals surface area contributed by atoms with Crippen LogP contribution in [0.4, 0.5) is 11.4 Å². The van der Waals surface area contributed by atoms with Gasteiger partial charge in [-0.3, -0.25) is 5.32 Å². The molecular weight excluding hydrogens is 456 g/mol. The zero-order valence-corrected chi connectivity index (χ0v) is 20.1. The third kappa shape index (κ3) is 8.11. The second-order valence-electron chi connectivity index (χ2n) is 7.24. The van der Waals surface area contributed by atoms with E-state index in [2.05, 4.69) is 51.4 Å². The van der Waals surface area contributed by atoms with Gasteiger partial charge in [-0.15, -0.1) is 12.6 Å². The SMILES string of the molecule is COc1cc(NC(=NCc2ccc(N)cc2)NC#N)ccn1.Sc1ccccc1-c1ccccc1. The van der Waals surface area contributed by atoms with Crippen molar-refractivity contribution in [3.63, 3.8) is 0 Å². The number of benzene rings is 3. The van der Waals surface area contributed by atoms with E-state index in [4.69, 9.17) is 15.7 Å². The Morgan fingerprint density at radius 2 is 1.74 bits per heavy atom. The molecule has 0 amide bonds. The monoisotopic (exact) mass is 482 g/mol. The number of rotatable bonds is 5. The molecule has 7 nitrogen and oxygen atoms in total. The molecule has 0 saturated carbocycles. The van der Waals surface area contributed by atoms with Crippen molar-refractivity contribution >= 4 is 30.0 Å². The number of nitriles is 1. The summed E-state index contributed by atoms with van der Waals surface area (Å²) < 4.78 is 5.05. The molecule has 0 saturated heterocycles. The maximum atomic E-state index is 8.81. The number of nitrogens with one attached hydrogen (secondary N) is 2. The first kappa shape index (κ1) is 25.1. The van der Waals surface area contributed by atoms with Crippen LogP contribution >= 0.6 is 12.6 Å². The van der Waals surface area contributed by atoms with E-state index in [1.165, 1.54) is 18.2 Å². The first-order valence-corrected chi connectivity index (χ1v) is 11.2. The van der Waals surface area contributed by atoms with Crippen molar-refractivity contribution < 1.29 is 4.74 Å². The molecular formula is C27H26N6OS. The second kappa shape index (κ2) is 13.3. The number of pyridine rings is 1. The molecule has 1 aromatic heterocycles. The molecule has 0 aliphatic rings. The minimum atomic E-state index is 0.340. The van der Waals surface area contributed by atoms with Crippen LogP contribution in [0, 0.1) is 11.5 Å². The Labute approximate surface area is 210 Å².